The van der Waals surface area contributed by atoms with Gasteiger partial charge in [0.25, 0.3) is 0 Å². The van der Waals surface area contributed by atoms with E-state index in [2.05, 4.69) is 29.1 Å². The van der Waals surface area contributed by atoms with E-state index in [1.54, 1.807) is 20.3 Å². The van der Waals surface area contributed by atoms with Gasteiger partial charge in [0.05, 0.1) is 20.3 Å². The fraction of sp³-hybridized carbons (Fsp3) is 0.692. The Kier molecular flexibility index (Phi) is 3.89. The molecule has 0 spiro atoms. The number of hydrogen-bond acceptors (Lipinski definition) is 5. The molecule has 0 amide bonds. The molecule has 3 atom stereocenters. The van der Waals surface area contributed by atoms with Crippen LogP contribution < -0.4 is 14.8 Å². The molecule has 3 unspecified atom stereocenters. The topological polar surface area (TPSA) is 56.3 Å². The van der Waals surface area contributed by atoms with Gasteiger partial charge in [-0.25, -0.2) is 0 Å². The first-order chi connectivity index (χ1) is 8.63. The van der Waals surface area contributed by atoms with Gasteiger partial charge in [-0.3, -0.25) is 0 Å². The van der Waals surface area contributed by atoms with Gasteiger partial charge in [0.1, 0.15) is 0 Å². The largest absolute Gasteiger partial charge is 0.481 e. The number of hydrogen-bond donors (Lipinski definition) is 1. The molecule has 1 heterocycles. The molecule has 0 saturated heterocycles. The summed E-state index contributed by atoms with van der Waals surface area (Å²) in [6.07, 6.45) is 2.41. The van der Waals surface area contributed by atoms with Gasteiger partial charge in [-0.2, -0.15) is 9.97 Å². The van der Waals surface area contributed by atoms with Crippen LogP contribution in [0.3, 0.4) is 0 Å². The van der Waals surface area contributed by atoms with Crippen molar-refractivity contribution < 1.29 is 9.47 Å². The summed E-state index contributed by atoms with van der Waals surface area (Å²) in [5.41, 5.74) is 0. The smallest absolute Gasteiger partial charge is 0.229 e. The summed E-state index contributed by atoms with van der Waals surface area (Å²) in [7, 11) is 3.18. The first-order valence-electron chi connectivity index (χ1n) is 6.37. The molecule has 18 heavy (non-hydrogen) atoms. The molecule has 0 aromatic carbocycles. The van der Waals surface area contributed by atoms with Crippen molar-refractivity contribution in [1.82, 2.24) is 9.97 Å². The molecule has 1 saturated carbocycles. The summed E-state index contributed by atoms with van der Waals surface area (Å²) in [4.78, 5) is 8.60. The number of rotatable bonds is 4. The van der Waals surface area contributed by atoms with Crippen molar-refractivity contribution in [3.05, 3.63) is 6.07 Å². The highest BCUT2D eigenvalue weighted by atomic mass is 16.5. The first kappa shape index (κ1) is 12.9. The van der Waals surface area contributed by atoms with Gasteiger partial charge in [0, 0.05) is 6.04 Å². The van der Waals surface area contributed by atoms with Crippen LogP contribution in [-0.4, -0.2) is 30.2 Å². The molecule has 0 bridgehead atoms. The predicted molar refractivity (Wildman–Crippen MR) is 70.1 cm³/mol. The van der Waals surface area contributed by atoms with Crippen molar-refractivity contribution in [2.75, 3.05) is 19.5 Å². The number of nitrogens with zero attached hydrogens (tertiary/aromatic N) is 2. The van der Waals surface area contributed by atoms with E-state index in [1.165, 1.54) is 6.42 Å². The van der Waals surface area contributed by atoms with Crippen molar-refractivity contribution in [2.45, 2.75) is 32.7 Å². The van der Waals surface area contributed by atoms with Crippen LogP contribution in [0.1, 0.15) is 26.7 Å². The van der Waals surface area contributed by atoms with Gasteiger partial charge < -0.3 is 14.8 Å². The van der Waals surface area contributed by atoms with E-state index in [0.29, 0.717) is 29.7 Å². The number of nitrogens with one attached hydrogen (secondary N) is 1. The lowest BCUT2D eigenvalue weighted by atomic mass is 9.98. The van der Waals surface area contributed by atoms with Crippen LogP contribution in [-0.2, 0) is 0 Å². The fourth-order valence-electron chi connectivity index (χ4n) is 2.41. The highest BCUT2D eigenvalue weighted by Gasteiger charge is 2.30. The van der Waals surface area contributed by atoms with E-state index in [9.17, 15) is 0 Å². The Balaban J connectivity index is 2.13. The van der Waals surface area contributed by atoms with E-state index < -0.39 is 0 Å². The minimum atomic E-state index is 0.428. The Morgan fingerprint density at radius 3 is 2.17 bits per heavy atom. The molecule has 2 rings (SSSR count). The first-order valence-corrected chi connectivity index (χ1v) is 6.37. The summed E-state index contributed by atoms with van der Waals surface area (Å²) in [6.45, 7) is 4.56. The van der Waals surface area contributed by atoms with E-state index >= 15 is 0 Å². The zero-order chi connectivity index (χ0) is 13.1. The fourth-order valence-corrected chi connectivity index (χ4v) is 2.41. The second kappa shape index (κ2) is 5.42. The lowest BCUT2D eigenvalue weighted by Crippen LogP contribution is -2.25. The molecule has 5 heteroatoms. The lowest BCUT2D eigenvalue weighted by Gasteiger charge is -2.19. The Morgan fingerprint density at radius 1 is 1.11 bits per heavy atom. The lowest BCUT2D eigenvalue weighted by molar-refractivity contribution is 0.371. The predicted octanol–water partition coefficient (Wildman–Crippen LogP) is 2.34. The van der Waals surface area contributed by atoms with Crippen LogP contribution in [0.15, 0.2) is 6.07 Å². The molecule has 0 aliphatic heterocycles. The molecule has 1 aliphatic carbocycles. The third-order valence-electron chi connectivity index (χ3n) is 3.88. The van der Waals surface area contributed by atoms with Crippen LogP contribution in [0.5, 0.6) is 11.8 Å². The normalized spacial score (nSPS) is 27.0. The SMILES string of the molecule is COc1cc(OC)nc(NC2CCC(C)C2C)n1. The van der Waals surface area contributed by atoms with Crippen molar-refractivity contribution >= 4 is 5.95 Å². The quantitative estimate of drug-likeness (QED) is 0.890. The van der Waals surface area contributed by atoms with Gasteiger partial charge in [-0.05, 0) is 24.7 Å². The monoisotopic (exact) mass is 251 g/mol. The highest BCUT2D eigenvalue weighted by Crippen LogP contribution is 2.33. The summed E-state index contributed by atoms with van der Waals surface area (Å²) in [6, 6.07) is 2.10. The summed E-state index contributed by atoms with van der Waals surface area (Å²) < 4.78 is 10.3. The molecular weight excluding hydrogens is 230 g/mol. The molecule has 1 aliphatic rings. The van der Waals surface area contributed by atoms with Crippen LogP contribution in [0.4, 0.5) is 5.95 Å². The summed E-state index contributed by atoms with van der Waals surface area (Å²) in [5, 5.41) is 3.39. The van der Waals surface area contributed by atoms with Gasteiger partial charge >= 0.3 is 0 Å². The zero-order valence-electron chi connectivity index (χ0n) is 11.4. The standard InChI is InChI=1S/C13H21N3O2/c1-8-5-6-10(9(8)2)14-13-15-11(17-3)7-12(16-13)18-4/h7-10H,5-6H2,1-4H3,(H,14,15,16). The molecule has 1 aromatic rings. The average molecular weight is 251 g/mol. The van der Waals surface area contributed by atoms with Crippen molar-refractivity contribution in [3.8, 4) is 11.8 Å². The second-order valence-electron chi connectivity index (χ2n) is 4.94. The van der Waals surface area contributed by atoms with Gasteiger partial charge in [-0.15, -0.1) is 0 Å². The Morgan fingerprint density at radius 2 is 1.72 bits per heavy atom. The molecule has 1 N–H and O–H groups in total. The number of ether oxygens (including phenoxy) is 2. The molecule has 0 radical (unpaired) electrons. The average Bonchev–Trinajstić information content (AvgIpc) is 2.70. The maximum absolute atomic E-state index is 5.14. The van der Waals surface area contributed by atoms with E-state index in [1.807, 2.05) is 0 Å². The minimum absolute atomic E-state index is 0.428. The van der Waals surface area contributed by atoms with Gasteiger partial charge in [0.2, 0.25) is 17.7 Å². The molecule has 1 aromatic heterocycles. The number of methoxy groups -OCH3 is 2. The van der Waals surface area contributed by atoms with E-state index in [-0.39, 0.29) is 0 Å². The number of anilines is 1. The molecule has 100 valence electrons. The van der Waals surface area contributed by atoms with Crippen molar-refractivity contribution in [1.29, 1.82) is 0 Å². The van der Waals surface area contributed by atoms with Gasteiger partial charge in [-0.1, -0.05) is 13.8 Å². The third-order valence-corrected chi connectivity index (χ3v) is 3.88. The second-order valence-corrected chi connectivity index (χ2v) is 4.94. The number of aromatic nitrogens is 2. The third kappa shape index (κ3) is 2.66. The Hall–Kier alpha value is -1.52. The van der Waals surface area contributed by atoms with Gasteiger partial charge in [0.15, 0.2) is 0 Å². The Labute approximate surface area is 108 Å². The van der Waals surface area contributed by atoms with Crippen LogP contribution in [0.25, 0.3) is 0 Å². The van der Waals surface area contributed by atoms with Crippen molar-refractivity contribution in [2.24, 2.45) is 11.8 Å². The van der Waals surface area contributed by atoms with E-state index in [4.69, 9.17) is 9.47 Å². The maximum atomic E-state index is 5.14. The minimum Gasteiger partial charge on any atom is -0.481 e. The van der Waals surface area contributed by atoms with Crippen LogP contribution >= 0.6 is 0 Å². The maximum Gasteiger partial charge on any atom is 0.229 e. The molecule has 5 nitrogen and oxygen atoms in total. The highest BCUT2D eigenvalue weighted by molar-refractivity contribution is 5.35. The van der Waals surface area contributed by atoms with Crippen LogP contribution in [0, 0.1) is 11.8 Å². The Bertz CT molecular complexity index is 389. The summed E-state index contributed by atoms with van der Waals surface area (Å²) >= 11 is 0. The molecular formula is C13H21N3O2. The molecule has 1 fully saturated rings. The van der Waals surface area contributed by atoms with E-state index in [0.717, 1.165) is 12.3 Å². The zero-order valence-corrected chi connectivity index (χ0v) is 11.4. The summed E-state index contributed by atoms with van der Waals surface area (Å²) in [5.74, 6) is 2.99. The van der Waals surface area contributed by atoms with Crippen molar-refractivity contribution in [3.63, 3.8) is 0 Å². The van der Waals surface area contributed by atoms with Crippen LogP contribution in [0.2, 0.25) is 0 Å².